The molecule has 0 amide bonds. The maximum absolute atomic E-state index is 13.0. The number of nitrogens with zero attached hydrogens (tertiary/aromatic N) is 1. The summed E-state index contributed by atoms with van der Waals surface area (Å²) < 4.78 is 90.0. The number of benzene rings is 1. The molecule has 14 heteroatoms. The number of fused-ring (bicyclic) bond motifs is 3. The van der Waals surface area contributed by atoms with E-state index in [-0.39, 0.29) is 46.5 Å². The quantitative estimate of drug-likeness (QED) is 0.290. The van der Waals surface area contributed by atoms with E-state index in [1.54, 1.807) is 0 Å². The van der Waals surface area contributed by atoms with Crippen molar-refractivity contribution >= 4 is 46.2 Å². The van der Waals surface area contributed by atoms with Crippen molar-refractivity contribution in [3.8, 4) is 0 Å². The third-order valence-electron chi connectivity index (χ3n) is 5.65. The third-order valence-corrected chi connectivity index (χ3v) is 5.87. The van der Waals surface area contributed by atoms with Gasteiger partial charge in [-0.05, 0) is 50.7 Å². The molecule has 3 aliphatic rings. The number of rotatable bonds is 2. The van der Waals surface area contributed by atoms with Crippen LogP contribution in [0.2, 0.25) is 0 Å². The zero-order chi connectivity index (χ0) is 25.5. The first-order chi connectivity index (χ1) is 15.6. The maximum atomic E-state index is 13.0. The molecular weight excluding hydrogens is 531 g/mol. The smallest absolute Gasteiger partial charge is 0.358 e. The monoisotopic (exact) mass is 553 g/mol. The van der Waals surface area contributed by atoms with Crippen LogP contribution in [0.1, 0.15) is 31.4 Å². The Morgan fingerprint density at radius 1 is 1.06 bits per heavy atom. The zero-order valence-corrected chi connectivity index (χ0v) is 20.4. The van der Waals surface area contributed by atoms with Crippen LogP contribution in [0.15, 0.2) is 18.2 Å². The van der Waals surface area contributed by atoms with E-state index in [9.17, 15) is 26.3 Å². The fourth-order valence-electron chi connectivity index (χ4n) is 4.53. The van der Waals surface area contributed by atoms with Crippen molar-refractivity contribution in [2.45, 2.75) is 62.7 Å². The Hall–Kier alpha value is -1.05. The second-order valence-corrected chi connectivity index (χ2v) is 9.80. The Morgan fingerprint density at radius 2 is 1.62 bits per heavy atom. The second-order valence-electron chi connectivity index (χ2n) is 8.59. The van der Waals surface area contributed by atoms with Crippen LogP contribution in [0.3, 0.4) is 0 Å². The number of anilines is 1. The van der Waals surface area contributed by atoms with Crippen molar-refractivity contribution in [3.63, 3.8) is 0 Å². The zero-order valence-electron chi connectivity index (χ0n) is 18.1. The lowest BCUT2D eigenvalue weighted by molar-refractivity contribution is -0.159. The highest BCUT2D eigenvalue weighted by Gasteiger charge is 2.55. The molecule has 0 unspecified atom stereocenters. The number of nitrogens with one attached hydrogen (secondary N) is 2. The fourth-order valence-corrected chi connectivity index (χ4v) is 4.82. The van der Waals surface area contributed by atoms with Gasteiger partial charge in [0.05, 0.1) is 16.5 Å². The molecule has 5 nitrogen and oxygen atoms in total. The van der Waals surface area contributed by atoms with E-state index in [1.807, 2.05) is 13.8 Å². The molecule has 2 N–H and O–H groups in total. The number of thiocarbonyl (C=S) groups is 1. The van der Waals surface area contributed by atoms with E-state index in [2.05, 4.69) is 15.5 Å². The number of ether oxygens (including phenoxy) is 2. The van der Waals surface area contributed by atoms with Crippen LogP contribution in [0.5, 0.6) is 0 Å². The molecule has 3 heterocycles. The Balaban J connectivity index is 0.00000103. The lowest BCUT2D eigenvalue weighted by atomic mass is 10.1. The number of hydrogen-bond acceptors (Lipinski definition) is 4. The summed E-state index contributed by atoms with van der Waals surface area (Å²) in [6.07, 6.45) is -9.27. The summed E-state index contributed by atoms with van der Waals surface area (Å²) in [6.45, 7) is 5.01. The van der Waals surface area contributed by atoms with Gasteiger partial charge in [-0.2, -0.15) is 26.3 Å². The third kappa shape index (κ3) is 6.58. The second kappa shape index (κ2) is 10.1. The molecule has 192 valence electrons. The van der Waals surface area contributed by atoms with Gasteiger partial charge in [-0.1, -0.05) is 0 Å². The highest BCUT2D eigenvalue weighted by atomic mass is 35.5. The Labute approximate surface area is 208 Å². The minimum absolute atomic E-state index is 0.0167. The average Bonchev–Trinajstić information content (AvgIpc) is 3.28. The maximum Gasteiger partial charge on any atom is 0.416 e. The van der Waals surface area contributed by atoms with Gasteiger partial charge < -0.3 is 20.1 Å². The van der Waals surface area contributed by atoms with Gasteiger partial charge in [0.2, 0.25) is 0 Å². The number of alkyl halides is 8. The first-order valence-corrected chi connectivity index (χ1v) is 11.7. The predicted octanol–water partition coefficient (Wildman–Crippen LogP) is 5.41. The molecule has 1 aromatic rings. The predicted molar refractivity (Wildman–Crippen MR) is 120 cm³/mol. The van der Waals surface area contributed by atoms with Crippen molar-refractivity contribution in [1.82, 2.24) is 10.2 Å². The summed E-state index contributed by atoms with van der Waals surface area (Å²) in [4.78, 5) is 2.19. The Kier molecular flexibility index (Phi) is 8.21. The van der Waals surface area contributed by atoms with Crippen LogP contribution >= 0.6 is 35.4 Å². The highest BCUT2D eigenvalue weighted by Crippen LogP contribution is 2.41. The van der Waals surface area contributed by atoms with Gasteiger partial charge in [0.25, 0.3) is 0 Å². The summed E-state index contributed by atoms with van der Waals surface area (Å²) >= 11 is 14.7. The summed E-state index contributed by atoms with van der Waals surface area (Å²) in [5.74, 6) is -0.649. The van der Waals surface area contributed by atoms with Crippen LogP contribution in [0.25, 0.3) is 0 Å². The van der Waals surface area contributed by atoms with E-state index >= 15 is 0 Å². The van der Waals surface area contributed by atoms with Crippen LogP contribution in [-0.2, 0) is 21.8 Å². The Morgan fingerprint density at radius 3 is 2.15 bits per heavy atom. The van der Waals surface area contributed by atoms with E-state index in [0.29, 0.717) is 31.6 Å². The Bertz CT molecular complexity index is 870. The molecule has 3 fully saturated rings. The normalized spacial score (nSPS) is 28.1. The molecule has 0 saturated carbocycles. The lowest BCUT2D eigenvalue weighted by Gasteiger charge is -2.23. The summed E-state index contributed by atoms with van der Waals surface area (Å²) in [5.41, 5.74) is -3.19. The van der Waals surface area contributed by atoms with Crippen molar-refractivity contribution in [2.24, 2.45) is 0 Å². The van der Waals surface area contributed by atoms with Crippen molar-refractivity contribution < 1.29 is 35.8 Å². The van der Waals surface area contributed by atoms with Crippen molar-refractivity contribution in [3.05, 3.63) is 29.3 Å². The molecule has 4 atom stereocenters. The molecule has 0 spiro atoms. The molecule has 0 aliphatic carbocycles. The van der Waals surface area contributed by atoms with Gasteiger partial charge in [-0.3, -0.25) is 4.90 Å². The molecule has 4 rings (SSSR count). The minimum Gasteiger partial charge on any atom is -0.358 e. The van der Waals surface area contributed by atoms with Crippen LogP contribution in [-0.4, -0.2) is 58.5 Å². The fraction of sp³-hybridized carbons (Fsp3) is 0.650. The van der Waals surface area contributed by atoms with Gasteiger partial charge in [-0.25, -0.2) is 0 Å². The first kappa shape index (κ1) is 27.5. The topological polar surface area (TPSA) is 45.8 Å². The molecule has 1 aromatic carbocycles. The van der Waals surface area contributed by atoms with Crippen molar-refractivity contribution in [2.75, 3.05) is 23.7 Å². The van der Waals surface area contributed by atoms with Gasteiger partial charge >= 0.3 is 12.4 Å². The number of halogens is 8. The van der Waals surface area contributed by atoms with Crippen molar-refractivity contribution in [1.29, 1.82) is 0 Å². The molecular formula is C20H23Cl2F6N3O2S. The largest absolute Gasteiger partial charge is 0.416 e. The van der Waals surface area contributed by atoms with E-state index in [1.165, 1.54) is 0 Å². The molecule has 3 aliphatic heterocycles. The molecule has 3 saturated heterocycles. The highest BCUT2D eigenvalue weighted by molar-refractivity contribution is 7.80. The van der Waals surface area contributed by atoms with Gasteiger partial charge in [0.1, 0.15) is 12.2 Å². The first-order valence-electron chi connectivity index (χ1n) is 10.2. The van der Waals surface area contributed by atoms with Gasteiger partial charge in [0, 0.05) is 30.9 Å². The van der Waals surface area contributed by atoms with E-state index in [0.717, 1.165) is 0 Å². The van der Waals surface area contributed by atoms with Crippen LogP contribution in [0.4, 0.5) is 32.0 Å². The summed E-state index contributed by atoms with van der Waals surface area (Å²) in [7, 11) is 0. The summed E-state index contributed by atoms with van der Waals surface area (Å²) in [5, 5.41) is 5.61. The van der Waals surface area contributed by atoms with Crippen LogP contribution in [0, 0.1) is 0 Å². The van der Waals surface area contributed by atoms with E-state index in [4.69, 9.17) is 44.9 Å². The molecule has 0 bridgehead atoms. The molecule has 0 aromatic heterocycles. The van der Waals surface area contributed by atoms with Crippen LogP contribution < -0.4 is 10.6 Å². The molecule has 0 radical (unpaired) electrons. The lowest BCUT2D eigenvalue weighted by Crippen LogP contribution is -2.40. The molecule has 34 heavy (non-hydrogen) atoms. The number of hydrogen-bond donors (Lipinski definition) is 2. The SMILES string of the molecule is CC1(C)O[C@@H]2[C@@H](CN3C[C@H](NC(=S)Nc4cc(C(F)(F)F)cc(C(F)(F)F)c4)C[C@@H]23)O1.ClCCl. The summed E-state index contributed by atoms with van der Waals surface area (Å²) in [6, 6.07) is 1.27. The minimum atomic E-state index is -4.92. The standard InChI is InChI=1S/C19H21F6N3O2S.CH2Cl2/c1-17(2)29-14-8-28-7-12(6-13(28)15(14)30-17)27-16(31)26-11-4-9(18(20,21)22)3-10(5-11)19(23,24)25;2-1-3/h3-5,12-15H,6-8H2,1-2H3,(H2,26,27,31);1H2/t12-,13+,14-,15+;/m1./s1. The van der Waals surface area contributed by atoms with E-state index < -0.39 is 29.3 Å². The van der Waals surface area contributed by atoms with Gasteiger partial charge in [-0.15, -0.1) is 23.2 Å². The van der Waals surface area contributed by atoms with Gasteiger partial charge in [0.15, 0.2) is 10.9 Å². The average molecular weight is 554 g/mol.